The molecule has 136 valence electrons. The quantitative estimate of drug-likeness (QED) is 0.908. The van der Waals surface area contributed by atoms with Gasteiger partial charge in [0.15, 0.2) is 0 Å². The molecule has 1 aliphatic carbocycles. The standard InChI is InChI=1S/C20H29N3O2/c1-3-25-13-15-11-17(12-15)22-8-6-16(7-9-22)23-19-10-14(2)4-5-18(19)21-20(23)24/h4-5,10,15-17H,3,6-9,11-13H2,1-2H3,(H,21,24)/t15-,17+. The monoisotopic (exact) mass is 343 g/mol. The van der Waals surface area contributed by atoms with E-state index < -0.39 is 0 Å². The average molecular weight is 343 g/mol. The van der Waals surface area contributed by atoms with Crippen LogP contribution in [0.2, 0.25) is 0 Å². The van der Waals surface area contributed by atoms with Gasteiger partial charge in [0.2, 0.25) is 0 Å². The topological polar surface area (TPSA) is 50.3 Å². The summed E-state index contributed by atoms with van der Waals surface area (Å²) in [4.78, 5) is 18.1. The first kappa shape index (κ1) is 16.9. The van der Waals surface area contributed by atoms with E-state index in [1.807, 2.05) is 10.6 Å². The summed E-state index contributed by atoms with van der Waals surface area (Å²) in [7, 11) is 0. The van der Waals surface area contributed by atoms with Crippen LogP contribution in [-0.4, -0.2) is 46.8 Å². The van der Waals surface area contributed by atoms with Crippen molar-refractivity contribution in [2.45, 2.75) is 51.6 Å². The number of imidazole rings is 1. The lowest BCUT2D eigenvalue weighted by Gasteiger charge is -2.45. The fourth-order valence-electron chi connectivity index (χ4n) is 4.52. The maximum atomic E-state index is 12.5. The molecule has 1 aliphatic heterocycles. The third-order valence-electron chi connectivity index (χ3n) is 6.02. The van der Waals surface area contributed by atoms with Gasteiger partial charge in [0.05, 0.1) is 11.0 Å². The maximum Gasteiger partial charge on any atom is 0.326 e. The van der Waals surface area contributed by atoms with Crippen molar-refractivity contribution in [2.75, 3.05) is 26.3 Å². The zero-order valence-electron chi connectivity index (χ0n) is 15.3. The van der Waals surface area contributed by atoms with E-state index in [1.165, 1.54) is 18.4 Å². The van der Waals surface area contributed by atoms with Crippen molar-refractivity contribution in [3.63, 3.8) is 0 Å². The number of piperidine rings is 1. The number of ether oxygens (including phenoxy) is 1. The highest BCUT2D eigenvalue weighted by Crippen LogP contribution is 2.35. The molecule has 2 aromatic rings. The number of hydrogen-bond donors (Lipinski definition) is 1. The summed E-state index contributed by atoms with van der Waals surface area (Å²) in [6.07, 6.45) is 4.68. The molecule has 2 aliphatic rings. The number of fused-ring (bicyclic) bond motifs is 1. The van der Waals surface area contributed by atoms with E-state index >= 15 is 0 Å². The zero-order chi connectivity index (χ0) is 17.4. The van der Waals surface area contributed by atoms with Crippen molar-refractivity contribution in [1.82, 2.24) is 14.5 Å². The van der Waals surface area contributed by atoms with Gasteiger partial charge in [0, 0.05) is 38.4 Å². The number of nitrogens with one attached hydrogen (secondary N) is 1. The SMILES string of the molecule is CCOC[C@H]1C[C@@H](N2CCC(n3c(=O)[nH]c4ccc(C)cc43)CC2)C1. The second kappa shape index (κ2) is 6.96. The Hall–Kier alpha value is -1.59. The van der Waals surface area contributed by atoms with Crippen molar-refractivity contribution in [3.05, 3.63) is 34.2 Å². The minimum absolute atomic E-state index is 0.0412. The number of rotatable bonds is 5. The first-order valence-electron chi connectivity index (χ1n) is 9.68. The number of H-pyrrole nitrogens is 1. The first-order valence-corrected chi connectivity index (χ1v) is 9.68. The van der Waals surface area contributed by atoms with E-state index in [0.29, 0.717) is 6.04 Å². The molecule has 5 heteroatoms. The summed E-state index contributed by atoms with van der Waals surface area (Å²) in [5, 5.41) is 0. The minimum Gasteiger partial charge on any atom is -0.381 e. The van der Waals surface area contributed by atoms with Crippen molar-refractivity contribution in [1.29, 1.82) is 0 Å². The van der Waals surface area contributed by atoms with Crippen LogP contribution in [0.5, 0.6) is 0 Å². The number of benzene rings is 1. The number of likely N-dealkylation sites (tertiary alicyclic amines) is 1. The Bertz CT molecular complexity index is 780. The molecule has 1 saturated heterocycles. The van der Waals surface area contributed by atoms with Crippen LogP contribution < -0.4 is 5.69 Å². The summed E-state index contributed by atoms with van der Waals surface area (Å²) in [5.41, 5.74) is 3.26. The van der Waals surface area contributed by atoms with Crippen molar-refractivity contribution < 1.29 is 4.74 Å². The number of aromatic amines is 1. The van der Waals surface area contributed by atoms with E-state index in [1.54, 1.807) is 0 Å². The second-order valence-corrected chi connectivity index (χ2v) is 7.74. The molecule has 0 unspecified atom stereocenters. The second-order valence-electron chi connectivity index (χ2n) is 7.74. The largest absolute Gasteiger partial charge is 0.381 e. The average Bonchev–Trinajstić information content (AvgIpc) is 2.89. The van der Waals surface area contributed by atoms with E-state index in [9.17, 15) is 4.79 Å². The summed E-state index contributed by atoms with van der Waals surface area (Å²) < 4.78 is 7.54. The molecule has 25 heavy (non-hydrogen) atoms. The first-order chi connectivity index (χ1) is 12.2. The molecule has 0 bridgehead atoms. The molecular formula is C20H29N3O2. The van der Waals surface area contributed by atoms with Crippen LogP contribution in [-0.2, 0) is 4.74 Å². The van der Waals surface area contributed by atoms with E-state index in [4.69, 9.17) is 4.74 Å². The van der Waals surface area contributed by atoms with Gasteiger partial charge in [0.1, 0.15) is 0 Å². The Morgan fingerprint density at radius 2 is 1.96 bits per heavy atom. The third-order valence-corrected chi connectivity index (χ3v) is 6.02. The summed E-state index contributed by atoms with van der Waals surface area (Å²) in [6.45, 7) is 8.09. The van der Waals surface area contributed by atoms with Gasteiger partial charge in [0.25, 0.3) is 0 Å². The lowest BCUT2D eigenvalue weighted by molar-refractivity contribution is 0.00463. The fourth-order valence-corrected chi connectivity index (χ4v) is 4.52. The van der Waals surface area contributed by atoms with Crippen molar-refractivity contribution in [3.8, 4) is 0 Å². The number of aryl methyl sites for hydroxylation is 1. The predicted molar refractivity (Wildman–Crippen MR) is 100 cm³/mol. The van der Waals surface area contributed by atoms with Gasteiger partial charge in [-0.3, -0.25) is 4.57 Å². The van der Waals surface area contributed by atoms with Gasteiger partial charge in [-0.05, 0) is 63.1 Å². The molecule has 0 spiro atoms. The van der Waals surface area contributed by atoms with Crippen molar-refractivity contribution in [2.24, 2.45) is 5.92 Å². The normalized spacial score (nSPS) is 25.4. The third kappa shape index (κ3) is 3.27. The molecule has 0 atom stereocenters. The maximum absolute atomic E-state index is 12.5. The molecule has 1 N–H and O–H groups in total. The predicted octanol–water partition coefficient (Wildman–Crippen LogP) is 3.09. The molecule has 0 radical (unpaired) electrons. The highest BCUT2D eigenvalue weighted by Gasteiger charge is 2.35. The van der Waals surface area contributed by atoms with Crippen LogP contribution in [0.1, 0.15) is 44.2 Å². The van der Waals surface area contributed by atoms with Crippen LogP contribution in [0.3, 0.4) is 0 Å². The number of nitrogens with zero attached hydrogens (tertiary/aromatic N) is 2. The van der Waals surface area contributed by atoms with Crippen LogP contribution in [0.25, 0.3) is 11.0 Å². The molecule has 5 nitrogen and oxygen atoms in total. The van der Waals surface area contributed by atoms with Gasteiger partial charge in [-0.2, -0.15) is 0 Å². The van der Waals surface area contributed by atoms with Gasteiger partial charge in [-0.1, -0.05) is 6.07 Å². The van der Waals surface area contributed by atoms with Gasteiger partial charge in [-0.15, -0.1) is 0 Å². The number of hydrogen-bond acceptors (Lipinski definition) is 3. The van der Waals surface area contributed by atoms with E-state index in [-0.39, 0.29) is 5.69 Å². The Balaban J connectivity index is 1.39. The van der Waals surface area contributed by atoms with Crippen LogP contribution in [0, 0.1) is 12.8 Å². The molecule has 2 heterocycles. The molecule has 2 fully saturated rings. The van der Waals surface area contributed by atoms with Crippen LogP contribution in [0.15, 0.2) is 23.0 Å². The molecule has 0 amide bonds. The Kier molecular flexibility index (Phi) is 4.69. The Morgan fingerprint density at radius 3 is 2.68 bits per heavy atom. The highest BCUT2D eigenvalue weighted by atomic mass is 16.5. The molecule has 4 rings (SSSR count). The van der Waals surface area contributed by atoms with Gasteiger partial charge >= 0.3 is 5.69 Å². The summed E-state index contributed by atoms with van der Waals surface area (Å²) >= 11 is 0. The van der Waals surface area contributed by atoms with E-state index in [2.05, 4.69) is 35.9 Å². The van der Waals surface area contributed by atoms with Crippen LogP contribution >= 0.6 is 0 Å². The van der Waals surface area contributed by atoms with Crippen LogP contribution in [0.4, 0.5) is 0 Å². The smallest absolute Gasteiger partial charge is 0.326 e. The zero-order valence-corrected chi connectivity index (χ0v) is 15.3. The lowest BCUT2D eigenvalue weighted by Crippen LogP contribution is -2.49. The summed E-state index contributed by atoms with van der Waals surface area (Å²) in [5.74, 6) is 0.752. The highest BCUT2D eigenvalue weighted by molar-refractivity contribution is 5.76. The van der Waals surface area contributed by atoms with E-state index in [0.717, 1.165) is 62.1 Å². The molecule has 1 aromatic heterocycles. The molecule has 1 saturated carbocycles. The molecule has 1 aromatic carbocycles. The Labute approximate surface area is 149 Å². The summed E-state index contributed by atoms with van der Waals surface area (Å²) in [6, 6.07) is 7.25. The minimum atomic E-state index is 0.0412. The Morgan fingerprint density at radius 1 is 1.20 bits per heavy atom. The lowest BCUT2D eigenvalue weighted by atomic mass is 9.79. The van der Waals surface area contributed by atoms with Gasteiger partial charge < -0.3 is 14.6 Å². The molecular weight excluding hydrogens is 314 g/mol. The fraction of sp³-hybridized carbons (Fsp3) is 0.650. The van der Waals surface area contributed by atoms with Crippen molar-refractivity contribution >= 4 is 11.0 Å². The van der Waals surface area contributed by atoms with Gasteiger partial charge in [-0.25, -0.2) is 4.79 Å². The number of aromatic nitrogens is 2.